The highest BCUT2D eigenvalue weighted by molar-refractivity contribution is 5.89. The van der Waals surface area contributed by atoms with Crippen LogP contribution >= 0.6 is 0 Å². The minimum Gasteiger partial charge on any atom is -0.378 e. The van der Waals surface area contributed by atoms with Gasteiger partial charge in [-0.3, -0.25) is 4.79 Å². The van der Waals surface area contributed by atoms with E-state index in [9.17, 15) is 4.79 Å². The third kappa shape index (κ3) is 7.11. The van der Waals surface area contributed by atoms with Crippen LogP contribution in [-0.4, -0.2) is 73.8 Å². The SMILES string of the molecule is CCC(C)=C(Nc1ccc(N2CCOCC2)cc1)c1c(/C=C(\C)N2CCN(CC)CC2)c(-c2ccc(C)cc2C)c[nH]c1=O. The summed E-state index contributed by atoms with van der Waals surface area (Å²) in [5.41, 5.74) is 11.5. The van der Waals surface area contributed by atoms with Crippen LogP contribution in [0, 0.1) is 13.8 Å². The fraction of sp³-hybridized carbons (Fsp3) is 0.432. The number of piperazine rings is 1. The summed E-state index contributed by atoms with van der Waals surface area (Å²) in [5.74, 6) is 0. The predicted octanol–water partition coefficient (Wildman–Crippen LogP) is 6.75. The van der Waals surface area contributed by atoms with E-state index in [0.717, 1.165) is 99.1 Å². The summed E-state index contributed by atoms with van der Waals surface area (Å²) in [6.45, 7) is 21.4. The number of H-pyrrole nitrogens is 1. The van der Waals surface area contributed by atoms with Gasteiger partial charge in [-0.2, -0.15) is 0 Å². The van der Waals surface area contributed by atoms with Gasteiger partial charge in [-0.05, 0) is 87.7 Å². The summed E-state index contributed by atoms with van der Waals surface area (Å²) in [4.78, 5) is 24.3. The van der Waals surface area contributed by atoms with Crippen molar-refractivity contribution in [2.24, 2.45) is 0 Å². The Morgan fingerprint density at radius 2 is 1.64 bits per heavy atom. The standard InChI is InChI=1S/C37H49N5O2/c1-7-27(4)36(39-30-10-12-31(13-11-30)42-19-21-44-22-20-42)35-33(24-29(6)41-17-15-40(8-2)16-18-41)34(25-38-37(35)43)32-14-9-26(3)23-28(32)5/h9-14,23-25,39H,7-8,15-22H2,1-6H3,(H,38,43)/b29-24+,36-27?. The van der Waals surface area contributed by atoms with Gasteiger partial charge in [0.1, 0.15) is 0 Å². The number of hydrogen-bond donors (Lipinski definition) is 2. The van der Waals surface area contributed by atoms with Crippen LogP contribution in [0.5, 0.6) is 0 Å². The highest BCUT2D eigenvalue weighted by atomic mass is 16.5. The Morgan fingerprint density at radius 1 is 0.932 bits per heavy atom. The van der Waals surface area contributed by atoms with Gasteiger partial charge < -0.3 is 29.7 Å². The maximum Gasteiger partial charge on any atom is 0.257 e. The molecular weight excluding hydrogens is 546 g/mol. The number of allylic oxidation sites excluding steroid dienone is 2. The van der Waals surface area contributed by atoms with E-state index in [1.54, 1.807) is 0 Å². The van der Waals surface area contributed by atoms with Crippen molar-refractivity contribution >= 4 is 23.1 Å². The number of rotatable bonds is 9. The van der Waals surface area contributed by atoms with Crippen molar-refractivity contribution in [3.8, 4) is 11.1 Å². The lowest BCUT2D eigenvalue weighted by Gasteiger charge is -2.36. The number of anilines is 2. The summed E-state index contributed by atoms with van der Waals surface area (Å²) in [6.07, 6.45) is 4.96. The van der Waals surface area contributed by atoms with E-state index in [-0.39, 0.29) is 5.56 Å². The van der Waals surface area contributed by atoms with Crippen molar-refractivity contribution in [1.29, 1.82) is 0 Å². The first-order valence-corrected chi connectivity index (χ1v) is 16.2. The highest BCUT2D eigenvalue weighted by Crippen LogP contribution is 2.34. The molecule has 0 atom stereocenters. The molecule has 3 heterocycles. The van der Waals surface area contributed by atoms with Gasteiger partial charge in [-0.1, -0.05) is 37.6 Å². The van der Waals surface area contributed by atoms with E-state index in [1.165, 1.54) is 22.5 Å². The molecule has 2 saturated heterocycles. The van der Waals surface area contributed by atoms with Gasteiger partial charge >= 0.3 is 0 Å². The zero-order valence-corrected chi connectivity index (χ0v) is 27.4. The molecule has 0 bridgehead atoms. The van der Waals surface area contributed by atoms with Crippen molar-refractivity contribution in [2.45, 2.75) is 48.0 Å². The van der Waals surface area contributed by atoms with Crippen LogP contribution in [0.15, 0.2) is 64.7 Å². The van der Waals surface area contributed by atoms with Crippen LogP contribution in [0.1, 0.15) is 56.4 Å². The van der Waals surface area contributed by atoms with Crippen LogP contribution in [0.4, 0.5) is 11.4 Å². The van der Waals surface area contributed by atoms with Gasteiger partial charge in [0, 0.05) is 73.7 Å². The highest BCUT2D eigenvalue weighted by Gasteiger charge is 2.22. The molecule has 3 aromatic rings. The number of pyridine rings is 1. The van der Waals surface area contributed by atoms with Crippen molar-refractivity contribution in [3.63, 3.8) is 0 Å². The Kier molecular flexibility index (Phi) is 10.3. The fourth-order valence-electron chi connectivity index (χ4n) is 6.28. The van der Waals surface area contributed by atoms with Gasteiger partial charge in [0.2, 0.25) is 0 Å². The minimum atomic E-state index is -0.0893. The Labute approximate surface area is 263 Å². The van der Waals surface area contributed by atoms with Crippen molar-refractivity contribution in [3.05, 3.63) is 92.5 Å². The molecule has 0 amide bonds. The van der Waals surface area contributed by atoms with Gasteiger partial charge in [0.15, 0.2) is 0 Å². The maximum atomic E-state index is 13.9. The third-order valence-electron chi connectivity index (χ3n) is 9.20. The molecule has 234 valence electrons. The van der Waals surface area contributed by atoms with Crippen LogP contribution < -0.4 is 15.8 Å². The molecule has 2 aromatic carbocycles. The molecule has 7 nitrogen and oxygen atoms in total. The first-order valence-electron chi connectivity index (χ1n) is 16.2. The first kappa shape index (κ1) is 31.6. The molecule has 2 aliphatic heterocycles. The summed E-state index contributed by atoms with van der Waals surface area (Å²) in [6, 6.07) is 15.1. The minimum absolute atomic E-state index is 0.0893. The zero-order valence-electron chi connectivity index (χ0n) is 27.4. The Hall–Kier alpha value is -3.81. The summed E-state index contributed by atoms with van der Waals surface area (Å²) >= 11 is 0. The normalized spacial score (nSPS) is 17.1. The Morgan fingerprint density at radius 3 is 2.27 bits per heavy atom. The molecule has 44 heavy (non-hydrogen) atoms. The van der Waals surface area contributed by atoms with Gasteiger partial charge in [-0.25, -0.2) is 0 Å². The van der Waals surface area contributed by atoms with E-state index in [4.69, 9.17) is 4.74 Å². The molecule has 1 aromatic heterocycles. The quantitative estimate of drug-likeness (QED) is 0.286. The monoisotopic (exact) mass is 595 g/mol. The first-order chi connectivity index (χ1) is 21.3. The Balaban J connectivity index is 1.61. The second kappa shape index (κ2) is 14.3. The number of aromatic amines is 1. The topological polar surface area (TPSA) is 63.8 Å². The number of nitrogens with zero attached hydrogens (tertiary/aromatic N) is 3. The number of nitrogens with one attached hydrogen (secondary N) is 2. The number of aryl methyl sites for hydroxylation is 2. The molecule has 2 fully saturated rings. The molecular formula is C37H49N5O2. The summed E-state index contributed by atoms with van der Waals surface area (Å²) < 4.78 is 5.54. The lowest BCUT2D eigenvalue weighted by molar-refractivity contribution is 0.122. The van der Waals surface area contributed by atoms with Crippen LogP contribution in [0.2, 0.25) is 0 Å². The number of benzene rings is 2. The number of aromatic nitrogens is 1. The molecule has 0 spiro atoms. The molecule has 0 saturated carbocycles. The average Bonchev–Trinajstić information content (AvgIpc) is 3.05. The lowest BCUT2D eigenvalue weighted by Crippen LogP contribution is -2.45. The maximum absolute atomic E-state index is 13.9. The summed E-state index contributed by atoms with van der Waals surface area (Å²) in [7, 11) is 0. The van der Waals surface area contributed by atoms with E-state index in [1.807, 2.05) is 6.20 Å². The van der Waals surface area contributed by atoms with Crippen molar-refractivity contribution in [1.82, 2.24) is 14.8 Å². The van der Waals surface area contributed by atoms with Gasteiger partial charge in [-0.15, -0.1) is 0 Å². The lowest BCUT2D eigenvalue weighted by atomic mass is 9.91. The van der Waals surface area contributed by atoms with Crippen molar-refractivity contribution < 1.29 is 4.74 Å². The fourth-order valence-corrected chi connectivity index (χ4v) is 6.28. The summed E-state index contributed by atoms with van der Waals surface area (Å²) in [5, 5.41) is 3.69. The molecule has 7 heteroatoms. The predicted molar refractivity (Wildman–Crippen MR) is 185 cm³/mol. The molecule has 2 N–H and O–H groups in total. The largest absolute Gasteiger partial charge is 0.378 e. The number of morpholine rings is 1. The number of likely N-dealkylation sites (N-methyl/N-ethyl adjacent to an activating group) is 1. The average molecular weight is 596 g/mol. The van der Waals surface area contributed by atoms with Crippen LogP contribution in [0.3, 0.4) is 0 Å². The van der Waals surface area contributed by atoms with E-state index in [0.29, 0.717) is 5.56 Å². The number of hydrogen-bond acceptors (Lipinski definition) is 6. The molecule has 0 aliphatic carbocycles. The molecule has 2 aliphatic rings. The van der Waals surface area contributed by atoms with E-state index in [2.05, 4.69) is 115 Å². The van der Waals surface area contributed by atoms with Crippen molar-refractivity contribution in [2.75, 3.05) is 69.2 Å². The van der Waals surface area contributed by atoms with Gasteiger partial charge in [0.25, 0.3) is 5.56 Å². The molecule has 5 rings (SSSR count). The Bertz CT molecular complexity index is 1560. The molecule has 0 radical (unpaired) electrons. The van der Waals surface area contributed by atoms with Crippen LogP contribution in [-0.2, 0) is 4.74 Å². The second-order valence-electron chi connectivity index (χ2n) is 12.1. The number of ether oxygens (including phenoxy) is 1. The van der Waals surface area contributed by atoms with E-state index >= 15 is 0 Å². The molecule has 0 unspecified atom stereocenters. The van der Waals surface area contributed by atoms with Crippen LogP contribution in [0.25, 0.3) is 22.9 Å². The third-order valence-corrected chi connectivity index (χ3v) is 9.20. The zero-order chi connectivity index (χ0) is 31.2. The smallest absolute Gasteiger partial charge is 0.257 e. The van der Waals surface area contributed by atoms with E-state index < -0.39 is 0 Å². The second-order valence-corrected chi connectivity index (χ2v) is 12.1. The van der Waals surface area contributed by atoms with Gasteiger partial charge in [0.05, 0.1) is 24.5 Å².